The van der Waals surface area contributed by atoms with Crippen LogP contribution in [-0.4, -0.2) is 19.3 Å². The molecular formula is C20H21NO2S. The lowest BCUT2D eigenvalue weighted by Gasteiger charge is -2.31. The van der Waals surface area contributed by atoms with Crippen LogP contribution in [0.4, 0.5) is 0 Å². The topological polar surface area (TPSA) is 37.4 Å². The molecule has 0 unspecified atom stereocenters. The van der Waals surface area contributed by atoms with Gasteiger partial charge in [-0.1, -0.05) is 65.8 Å². The summed E-state index contributed by atoms with van der Waals surface area (Å²) in [6.45, 7) is 8.25. The van der Waals surface area contributed by atoms with Crippen LogP contribution >= 0.6 is 0 Å². The predicted molar refractivity (Wildman–Crippen MR) is 98.0 cm³/mol. The van der Waals surface area contributed by atoms with Crippen LogP contribution in [0, 0.1) is 13.8 Å². The second-order valence-electron chi connectivity index (χ2n) is 6.23. The van der Waals surface area contributed by atoms with Crippen molar-refractivity contribution in [3.8, 4) is 0 Å². The monoisotopic (exact) mass is 339 g/mol. The standard InChI is InChI=1S/C20H21NO2S/c1-15-4-9-18(10-5-15)20-13-8-17(3)14-21(20)24(22,23)19-11-6-16(2)7-12-19/h4-7,9-13H,3,8,14H2,1-2H3. The van der Waals surface area contributed by atoms with Gasteiger partial charge in [0.25, 0.3) is 10.0 Å². The average molecular weight is 339 g/mol. The van der Waals surface area contributed by atoms with Crippen LogP contribution in [0.25, 0.3) is 5.70 Å². The highest BCUT2D eigenvalue weighted by molar-refractivity contribution is 7.89. The van der Waals surface area contributed by atoms with Crippen molar-refractivity contribution >= 4 is 15.7 Å². The molecule has 24 heavy (non-hydrogen) atoms. The molecule has 0 fully saturated rings. The van der Waals surface area contributed by atoms with Gasteiger partial charge in [-0.15, -0.1) is 0 Å². The third-order valence-corrected chi connectivity index (χ3v) is 5.95. The molecule has 1 aliphatic heterocycles. The Balaban J connectivity index is 2.07. The van der Waals surface area contributed by atoms with E-state index in [-0.39, 0.29) is 0 Å². The molecule has 1 heterocycles. The van der Waals surface area contributed by atoms with Crippen molar-refractivity contribution in [1.29, 1.82) is 0 Å². The molecule has 0 bridgehead atoms. The van der Waals surface area contributed by atoms with Crippen LogP contribution in [0.3, 0.4) is 0 Å². The quantitative estimate of drug-likeness (QED) is 0.782. The molecule has 2 aromatic rings. The van der Waals surface area contributed by atoms with Crippen molar-refractivity contribution in [2.45, 2.75) is 25.2 Å². The van der Waals surface area contributed by atoms with Gasteiger partial charge in [0.1, 0.15) is 0 Å². The molecule has 0 saturated carbocycles. The molecule has 4 heteroatoms. The van der Waals surface area contributed by atoms with E-state index in [1.165, 1.54) is 4.31 Å². The lowest BCUT2D eigenvalue weighted by molar-refractivity contribution is 0.520. The van der Waals surface area contributed by atoms with Crippen LogP contribution in [0.1, 0.15) is 23.1 Å². The van der Waals surface area contributed by atoms with Crippen molar-refractivity contribution in [3.63, 3.8) is 0 Å². The Hall–Kier alpha value is -2.33. The van der Waals surface area contributed by atoms with Crippen LogP contribution in [0.5, 0.6) is 0 Å². The van der Waals surface area contributed by atoms with Gasteiger partial charge in [-0.3, -0.25) is 4.31 Å². The second-order valence-corrected chi connectivity index (χ2v) is 8.10. The Labute approximate surface area is 144 Å². The highest BCUT2D eigenvalue weighted by atomic mass is 32.2. The third kappa shape index (κ3) is 3.15. The zero-order valence-electron chi connectivity index (χ0n) is 14.0. The first-order valence-corrected chi connectivity index (χ1v) is 9.35. The van der Waals surface area contributed by atoms with Crippen LogP contribution < -0.4 is 0 Å². The van der Waals surface area contributed by atoms with Crippen molar-refractivity contribution in [2.75, 3.05) is 6.54 Å². The second kappa shape index (κ2) is 6.29. The zero-order chi connectivity index (χ0) is 17.3. The van der Waals surface area contributed by atoms with Gasteiger partial charge in [0.15, 0.2) is 0 Å². The summed E-state index contributed by atoms with van der Waals surface area (Å²) in [5.41, 5.74) is 4.70. The van der Waals surface area contributed by atoms with Gasteiger partial charge >= 0.3 is 0 Å². The predicted octanol–water partition coefficient (Wildman–Crippen LogP) is 4.30. The lowest BCUT2D eigenvalue weighted by Crippen LogP contribution is -2.33. The van der Waals surface area contributed by atoms with E-state index in [2.05, 4.69) is 6.58 Å². The zero-order valence-corrected chi connectivity index (χ0v) is 14.8. The molecule has 2 aromatic carbocycles. The van der Waals surface area contributed by atoms with Crippen molar-refractivity contribution < 1.29 is 8.42 Å². The summed E-state index contributed by atoms with van der Waals surface area (Å²) in [4.78, 5) is 0.306. The number of hydrogen-bond donors (Lipinski definition) is 0. The van der Waals surface area contributed by atoms with E-state index in [9.17, 15) is 8.42 Å². The van der Waals surface area contributed by atoms with E-state index in [1.807, 2.05) is 56.3 Å². The number of aryl methyl sites for hydroxylation is 2. The number of hydrogen-bond acceptors (Lipinski definition) is 2. The molecule has 0 saturated heterocycles. The summed E-state index contributed by atoms with van der Waals surface area (Å²) in [6, 6.07) is 14.9. The van der Waals surface area contributed by atoms with Gasteiger partial charge in [-0.25, -0.2) is 8.42 Å². The summed E-state index contributed by atoms with van der Waals surface area (Å²) >= 11 is 0. The molecule has 1 aliphatic rings. The van der Waals surface area contributed by atoms with Crippen molar-refractivity contribution in [2.24, 2.45) is 0 Å². The Morgan fingerprint density at radius 1 is 0.917 bits per heavy atom. The minimum atomic E-state index is -3.61. The molecule has 0 atom stereocenters. The van der Waals surface area contributed by atoms with Gasteiger partial charge in [-0.05, 0) is 38.0 Å². The first-order valence-electron chi connectivity index (χ1n) is 7.91. The minimum absolute atomic E-state index is 0.306. The molecule has 3 nitrogen and oxygen atoms in total. The Bertz CT molecular complexity index is 892. The number of benzene rings is 2. The lowest BCUT2D eigenvalue weighted by atomic mass is 10.0. The SMILES string of the molecule is C=C1CC=C(c2ccc(C)cc2)N(S(=O)(=O)c2ccc(C)cc2)C1. The molecule has 0 aromatic heterocycles. The fraction of sp³-hybridized carbons (Fsp3) is 0.200. The average Bonchev–Trinajstić information content (AvgIpc) is 2.56. The number of sulfonamides is 1. The van der Waals surface area contributed by atoms with Crippen molar-refractivity contribution in [3.05, 3.63) is 83.4 Å². The fourth-order valence-electron chi connectivity index (χ4n) is 2.73. The van der Waals surface area contributed by atoms with Gasteiger partial charge in [0.05, 0.1) is 17.1 Å². The molecule has 0 aliphatic carbocycles. The smallest absolute Gasteiger partial charge is 0.262 e. The molecule has 0 spiro atoms. The highest BCUT2D eigenvalue weighted by Crippen LogP contribution is 2.32. The maximum atomic E-state index is 13.1. The number of nitrogens with zero attached hydrogens (tertiary/aromatic N) is 1. The third-order valence-electron chi connectivity index (χ3n) is 4.18. The van der Waals surface area contributed by atoms with Crippen molar-refractivity contribution in [1.82, 2.24) is 4.31 Å². The fourth-order valence-corrected chi connectivity index (χ4v) is 4.26. The maximum Gasteiger partial charge on any atom is 0.264 e. The Morgan fingerprint density at radius 3 is 2.04 bits per heavy atom. The summed E-state index contributed by atoms with van der Waals surface area (Å²) in [7, 11) is -3.61. The molecule has 124 valence electrons. The summed E-state index contributed by atoms with van der Waals surface area (Å²) in [6.07, 6.45) is 2.64. The van der Waals surface area contributed by atoms with Gasteiger partial charge < -0.3 is 0 Å². The van der Waals surface area contributed by atoms with Gasteiger partial charge in [-0.2, -0.15) is 0 Å². The normalized spacial score (nSPS) is 15.3. The molecule has 0 N–H and O–H groups in total. The van der Waals surface area contributed by atoms with E-state index in [0.717, 1.165) is 28.0 Å². The van der Waals surface area contributed by atoms with Crippen LogP contribution in [0.15, 0.2) is 71.7 Å². The van der Waals surface area contributed by atoms with Gasteiger partial charge in [0, 0.05) is 0 Å². The van der Waals surface area contributed by atoms with E-state index < -0.39 is 10.0 Å². The largest absolute Gasteiger partial charge is 0.264 e. The molecule has 0 radical (unpaired) electrons. The summed E-state index contributed by atoms with van der Waals surface area (Å²) in [5.74, 6) is 0. The minimum Gasteiger partial charge on any atom is -0.262 e. The summed E-state index contributed by atoms with van der Waals surface area (Å²) < 4.78 is 27.7. The Morgan fingerprint density at radius 2 is 1.46 bits per heavy atom. The van der Waals surface area contributed by atoms with Crippen LogP contribution in [-0.2, 0) is 10.0 Å². The van der Waals surface area contributed by atoms with Crippen LogP contribution in [0.2, 0.25) is 0 Å². The van der Waals surface area contributed by atoms with Gasteiger partial charge in [0.2, 0.25) is 0 Å². The first-order chi connectivity index (χ1) is 11.4. The van der Waals surface area contributed by atoms with E-state index >= 15 is 0 Å². The highest BCUT2D eigenvalue weighted by Gasteiger charge is 2.29. The van der Waals surface area contributed by atoms with E-state index in [1.54, 1.807) is 12.1 Å². The number of rotatable bonds is 3. The first kappa shape index (κ1) is 16.5. The molecular weight excluding hydrogens is 318 g/mol. The summed E-state index contributed by atoms with van der Waals surface area (Å²) in [5, 5.41) is 0. The van der Waals surface area contributed by atoms with E-state index in [4.69, 9.17) is 0 Å². The van der Waals surface area contributed by atoms with E-state index in [0.29, 0.717) is 17.9 Å². The molecule has 3 rings (SSSR count). The number of allylic oxidation sites excluding steroid dienone is 1. The maximum absolute atomic E-state index is 13.1. The Kier molecular flexibility index (Phi) is 4.33. The molecule has 0 amide bonds.